The van der Waals surface area contributed by atoms with E-state index in [-0.39, 0.29) is 12.2 Å². The Balaban J connectivity index is -0.000000219. The molecule has 0 N–H and O–H groups in total. The van der Waals surface area contributed by atoms with Gasteiger partial charge in [-0.2, -0.15) is 0 Å². The zero-order chi connectivity index (χ0) is 14.8. The van der Waals surface area contributed by atoms with Crippen LogP contribution in [-0.4, -0.2) is 25.8 Å². The molecule has 0 radical (unpaired) electrons. The van der Waals surface area contributed by atoms with Crippen LogP contribution in [0.2, 0.25) is 0 Å². The van der Waals surface area contributed by atoms with Gasteiger partial charge in [0.15, 0.2) is 6.29 Å². The smallest absolute Gasteiger partial charge is 0.154 e. The minimum absolute atomic E-state index is 0.0370. The molecule has 0 saturated carbocycles. The third kappa shape index (κ3) is 20.5. The SMILES string of the molecule is C=C.C=CCC(C=O)CC.CCOC(C)OCC. The van der Waals surface area contributed by atoms with Gasteiger partial charge in [0.1, 0.15) is 6.29 Å². The van der Waals surface area contributed by atoms with Crippen LogP contribution >= 0.6 is 0 Å². The van der Waals surface area contributed by atoms with Crippen molar-refractivity contribution >= 4 is 6.29 Å². The van der Waals surface area contributed by atoms with Crippen LogP contribution in [-0.2, 0) is 14.3 Å². The van der Waals surface area contributed by atoms with Gasteiger partial charge in [-0.1, -0.05) is 13.0 Å². The topological polar surface area (TPSA) is 35.5 Å². The molecule has 0 heterocycles. The van der Waals surface area contributed by atoms with E-state index < -0.39 is 0 Å². The number of carbonyl (C=O) groups excluding carboxylic acids is 1. The summed E-state index contributed by atoms with van der Waals surface area (Å²) in [6.07, 6.45) is 4.48. The van der Waals surface area contributed by atoms with Gasteiger partial charge >= 0.3 is 0 Å². The molecule has 3 heteroatoms. The Bertz CT molecular complexity index is 163. The van der Waals surface area contributed by atoms with Gasteiger partial charge in [0.25, 0.3) is 0 Å². The molecule has 0 aliphatic rings. The summed E-state index contributed by atoms with van der Waals surface area (Å²) in [6, 6.07) is 0. The van der Waals surface area contributed by atoms with Gasteiger partial charge in [-0.25, -0.2) is 0 Å². The molecular weight excluding hydrogens is 228 g/mol. The minimum Gasteiger partial charge on any atom is -0.353 e. The van der Waals surface area contributed by atoms with Crippen molar-refractivity contribution in [1.29, 1.82) is 0 Å². The van der Waals surface area contributed by atoms with Crippen molar-refractivity contribution in [3.05, 3.63) is 25.8 Å². The van der Waals surface area contributed by atoms with E-state index in [1.165, 1.54) is 0 Å². The normalized spacial score (nSPS) is 10.5. The zero-order valence-corrected chi connectivity index (χ0v) is 12.5. The van der Waals surface area contributed by atoms with Gasteiger partial charge in [0.05, 0.1) is 0 Å². The zero-order valence-electron chi connectivity index (χ0n) is 12.5. The van der Waals surface area contributed by atoms with E-state index in [4.69, 9.17) is 9.47 Å². The lowest BCUT2D eigenvalue weighted by Crippen LogP contribution is -2.11. The Morgan fingerprint density at radius 3 is 1.72 bits per heavy atom. The number of rotatable bonds is 8. The van der Waals surface area contributed by atoms with Crippen molar-refractivity contribution in [1.82, 2.24) is 0 Å². The van der Waals surface area contributed by atoms with Crippen molar-refractivity contribution in [2.24, 2.45) is 5.92 Å². The average Bonchev–Trinajstić information content (AvgIpc) is 2.40. The second-order valence-electron chi connectivity index (χ2n) is 3.31. The Morgan fingerprint density at radius 2 is 1.56 bits per heavy atom. The Morgan fingerprint density at radius 1 is 1.11 bits per heavy atom. The highest BCUT2D eigenvalue weighted by atomic mass is 16.7. The molecule has 0 rings (SSSR count). The maximum Gasteiger partial charge on any atom is 0.154 e. The molecule has 1 atom stereocenters. The Kier molecular flexibility index (Phi) is 26.4. The highest BCUT2D eigenvalue weighted by Crippen LogP contribution is 2.03. The molecule has 0 aliphatic heterocycles. The van der Waals surface area contributed by atoms with Crippen LogP contribution in [0.15, 0.2) is 25.8 Å². The fourth-order valence-corrected chi connectivity index (χ4v) is 1.05. The largest absolute Gasteiger partial charge is 0.353 e. The van der Waals surface area contributed by atoms with Gasteiger partial charge in [0, 0.05) is 19.1 Å². The summed E-state index contributed by atoms with van der Waals surface area (Å²) in [5.74, 6) is 0.201. The lowest BCUT2D eigenvalue weighted by molar-refractivity contribution is -0.123. The highest BCUT2D eigenvalue weighted by molar-refractivity contribution is 5.53. The molecule has 18 heavy (non-hydrogen) atoms. The second-order valence-corrected chi connectivity index (χ2v) is 3.31. The average molecular weight is 258 g/mol. The molecule has 0 aromatic heterocycles. The molecule has 0 aromatic carbocycles. The lowest BCUT2D eigenvalue weighted by Gasteiger charge is -2.09. The molecule has 108 valence electrons. The lowest BCUT2D eigenvalue weighted by atomic mass is 10.1. The Labute approximate surface area is 113 Å². The van der Waals surface area contributed by atoms with Gasteiger partial charge in [-0.15, -0.1) is 19.7 Å². The predicted octanol–water partition coefficient (Wildman–Crippen LogP) is 4.00. The van der Waals surface area contributed by atoms with E-state index in [0.29, 0.717) is 0 Å². The predicted molar refractivity (Wildman–Crippen MR) is 78.6 cm³/mol. The van der Waals surface area contributed by atoms with Crippen LogP contribution in [0, 0.1) is 5.92 Å². The van der Waals surface area contributed by atoms with Crippen LogP contribution in [0.4, 0.5) is 0 Å². The van der Waals surface area contributed by atoms with Crippen LogP contribution < -0.4 is 0 Å². The van der Waals surface area contributed by atoms with E-state index >= 15 is 0 Å². The van der Waals surface area contributed by atoms with E-state index in [0.717, 1.165) is 32.3 Å². The summed E-state index contributed by atoms with van der Waals surface area (Å²) >= 11 is 0. The highest BCUT2D eigenvalue weighted by Gasteiger charge is 1.98. The van der Waals surface area contributed by atoms with Crippen molar-refractivity contribution in [2.45, 2.75) is 46.8 Å². The summed E-state index contributed by atoms with van der Waals surface area (Å²) in [7, 11) is 0. The van der Waals surface area contributed by atoms with E-state index in [1.54, 1.807) is 6.08 Å². The number of hydrogen-bond acceptors (Lipinski definition) is 3. The molecule has 1 unspecified atom stereocenters. The molecule has 3 nitrogen and oxygen atoms in total. The first-order valence-corrected chi connectivity index (χ1v) is 6.45. The molecular formula is C15H30O3. The number of allylic oxidation sites excluding steroid dienone is 1. The maximum absolute atomic E-state index is 10.1. The first-order valence-electron chi connectivity index (χ1n) is 6.45. The standard InChI is InChI=1S/C7H12O.C6H14O2.C2H4/c1-3-5-7(4-2)6-8;1-4-7-6(3)8-5-2;1-2/h3,6-7H,1,4-5H2,2H3;6H,4-5H2,1-3H3;1-2H2. The summed E-state index contributed by atoms with van der Waals surface area (Å²) in [5.41, 5.74) is 0. The molecule has 0 fully saturated rings. The monoisotopic (exact) mass is 258 g/mol. The molecule has 0 aliphatic carbocycles. The minimum atomic E-state index is -0.0370. The van der Waals surface area contributed by atoms with Crippen molar-refractivity contribution < 1.29 is 14.3 Å². The van der Waals surface area contributed by atoms with Crippen LogP contribution in [0.3, 0.4) is 0 Å². The molecule has 0 aromatic rings. The maximum atomic E-state index is 10.1. The van der Waals surface area contributed by atoms with Crippen molar-refractivity contribution in [2.75, 3.05) is 13.2 Å². The van der Waals surface area contributed by atoms with Crippen LogP contribution in [0.1, 0.15) is 40.5 Å². The summed E-state index contributed by atoms with van der Waals surface area (Å²) < 4.78 is 10.1. The summed E-state index contributed by atoms with van der Waals surface area (Å²) in [6.45, 7) is 18.8. The second kappa shape index (κ2) is 21.4. The fourth-order valence-electron chi connectivity index (χ4n) is 1.05. The third-order valence-corrected chi connectivity index (χ3v) is 1.99. The van der Waals surface area contributed by atoms with Gasteiger partial charge in [-0.3, -0.25) is 0 Å². The number of hydrogen-bond donors (Lipinski definition) is 0. The third-order valence-electron chi connectivity index (χ3n) is 1.99. The van der Waals surface area contributed by atoms with Crippen LogP contribution in [0.5, 0.6) is 0 Å². The number of aldehydes is 1. The van der Waals surface area contributed by atoms with Gasteiger partial charge in [-0.05, 0) is 33.6 Å². The quantitative estimate of drug-likeness (QED) is 0.375. The first kappa shape index (κ1) is 22.3. The summed E-state index contributed by atoms with van der Waals surface area (Å²) in [5, 5.41) is 0. The van der Waals surface area contributed by atoms with Crippen molar-refractivity contribution in [3.63, 3.8) is 0 Å². The fraction of sp³-hybridized carbons (Fsp3) is 0.667. The van der Waals surface area contributed by atoms with E-state index in [1.807, 2.05) is 27.7 Å². The molecule has 0 bridgehead atoms. The first-order chi connectivity index (χ1) is 8.65. The number of carbonyl (C=O) groups is 1. The number of ether oxygens (including phenoxy) is 2. The van der Waals surface area contributed by atoms with E-state index in [9.17, 15) is 4.79 Å². The van der Waals surface area contributed by atoms with E-state index in [2.05, 4.69) is 19.7 Å². The molecule has 0 saturated heterocycles. The summed E-state index contributed by atoms with van der Waals surface area (Å²) in [4.78, 5) is 10.1. The van der Waals surface area contributed by atoms with Crippen molar-refractivity contribution in [3.8, 4) is 0 Å². The van der Waals surface area contributed by atoms with Gasteiger partial charge < -0.3 is 14.3 Å². The molecule has 0 amide bonds. The van der Waals surface area contributed by atoms with Crippen LogP contribution in [0.25, 0.3) is 0 Å². The van der Waals surface area contributed by atoms with Gasteiger partial charge in [0.2, 0.25) is 0 Å². The molecule has 0 spiro atoms. The Hall–Kier alpha value is -0.930.